The third-order valence-corrected chi connectivity index (χ3v) is 9.62. The Balaban J connectivity index is 1.69. The molecule has 4 rings (SSSR count). The van der Waals surface area contributed by atoms with E-state index in [-0.39, 0.29) is 23.4 Å². The second kappa shape index (κ2) is 14.0. The Morgan fingerprint density at radius 2 is 1.63 bits per heavy atom. The number of sulfonamides is 1. The van der Waals surface area contributed by atoms with Gasteiger partial charge < -0.3 is 10.2 Å². The molecule has 1 atom stereocenters. The zero-order chi connectivity index (χ0) is 29.4. The third kappa shape index (κ3) is 7.68. The summed E-state index contributed by atoms with van der Waals surface area (Å²) in [5.74, 6) is -0.736. The van der Waals surface area contributed by atoms with E-state index in [2.05, 4.69) is 5.32 Å². The Labute approximate surface area is 248 Å². The van der Waals surface area contributed by atoms with Crippen LogP contribution in [0.3, 0.4) is 0 Å². The van der Waals surface area contributed by atoms with Crippen LogP contribution in [0.15, 0.2) is 83.8 Å². The van der Waals surface area contributed by atoms with E-state index in [1.165, 1.54) is 21.3 Å². The first-order valence-corrected chi connectivity index (χ1v) is 16.0. The average molecular weight is 596 g/mol. The Morgan fingerprint density at radius 3 is 2.32 bits per heavy atom. The second-order valence-corrected chi connectivity index (χ2v) is 12.8. The van der Waals surface area contributed by atoms with E-state index in [1.54, 1.807) is 55.5 Å². The number of halogens is 1. The van der Waals surface area contributed by atoms with Gasteiger partial charge in [0.25, 0.3) is 10.0 Å². The highest BCUT2D eigenvalue weighted by atomic mass is 35.5. The van der Waals surface area contributed by atoms with Crippen LogP contribution in [0.2, 0.25) is 5.02 Å². The molecule has 9 heteroatoms. The highest BCUT2D eigenvalue weighted by Crippen LogP contribution is 2.28. The molecule has 0 spiro atoms. The van der Waals surface area contributed by atoms with E-state index in [4.69, 9.17) is 11.6 Å². The highest BCUT2D eigenvalue weighted by Gasteiger charge is 2.33. The summed E-state index contributed by atoms with van der Waals surface area (Å²) in [6.45, 7) is 3.27. The van der Waals surface area contributed by atoms with Gasteiger partial charge in [-0.05, 0) is 67.6 Å². The standard InChI is InChI=1S/C32H38ClN3O4S/c1-3-26-14-10-11-20-30(26)36(41(39,40)29-18-8-5-9-19-29)23-31(37)35(22-25-13-12-15-27(33)21-25)24(2)32(38)34-28-16-6-4-7-17-28/h5,8-15,18-21,24,28H,3-4,6-7,16-17,22-23H2,1-2H3,(H,34,38). The third-order valence-electron chi connectivity index (χ3n) is 7.61. The molecule has 3 aromatic carbocycles. The van der Waals surface area contributed by atoms with Crippen molar-refractivity contribution in [1.82, 2.24) is 10.2 Å². The molecule has 1 unspecified atom stereocenters. The van der Waals surface area contributed by atoms with Crippen molar-refractivity contribution in [2.45, 2.75) is 75.9 Å². The van der Waals surface area contributed by atoms with Gasteiger partial charge in [0.05, 0.1) is 10.6 Å². The topological polar surface area (TPSA) is 86.8 Å². The van der Waals surface area contributed by atoms with E-state index in [1.807, 2.05) is 25.1 Å². The smallest absolute Gasteiger partial charge is 0.264 e. The fourth-order valence-corrected chi connectivity index (χ4v) is 6.96. The molecule has 1 aliphatic rings. The predicted molar refractivity (Wildman–Crippen MR) is 163 cm³/mol. The van der Waals surface area contributed by atoms with E-state index in [0.717, 1.165) is 43.2 Å². The fourth-order valence-electron chi connectivity index (χ4n) is 5.27. The Morgan fingerprint density at radius 1 is 0.951 bits per heavy atom. The summed E-state index contributed by atoms with van der Waals surface area (Å²) in [4.78, 5) is 29.1. The van der Waals surface area contributed by atoms with Gasteiger partial charge in [-0.25, -0.2) is 8.42 Å². The Bertz CT molecular complexity index is 1440. The van der Waals surface area contributed by atoms with Crippen LogP contribution in [-0.4, -0.2) is 43.8 Å². The van der Waals surface area contributed by atoms with E-state index >= 15 is 0 Å². The number of carbonyl (C=O) groups excluding carboxylic acids is 2. The van der Waals surface area contributed by atoms with E-state index < -0.39 is 28.5 Å². The summed E-state index contributed by atoms with van der Waals surface area (Å²) in [7, 11) is -4.10. The van der Waals surface area contributed by atoms with Crippen molar-refractivity contribution in [3.63, 3.8) is 0 Å². The van der Waals surface area contributed by atoms with Crippen LogP contribution in [-0.2, 0) is 32.6 Å². The molecule has 0 radical (unpaired) electrons. The van der Waals surface area contributed by atoms with Gasteiger partial charge in [0.15, 0.2) is 0 Å². The first-order chi connectivity index (χ1) is 19.7. The van der Waals surface area contributed by atoms with Crippen LogP contribution in [0, 0.1) is 0 Å². The lowest BCUT2D eigenvalue weighted by Crippen LogP contribution is -2.53. The van der Waals surface area contributed by atoms with Crippen LogP contribution in [0.1, 0.15) is 57.1 Å². The molecule has 0 aliphatic heterocycles. The van der Waals surface area contributed by atoms with E-state index in [0.29, 0.717) is 17.1 Å². The zero-order valence-corrected chi connectivity index (χ0v) is 25.2. The number of hydrogen-bond donors (Lipinski definition) is 1. The van der Waals surface area contributed by atoms with Gasteiger partial charge in [-0.1, -0.05) is 86.3 Å². The molecule has 2 amide bonds. The number of benzene rings is 3. The molecule has 1 N–H and O–H groups in total. The van der Waals surface area contributed by atoms with Crippen molar-refractivity contribution in [2.24, 2.45) is 0 Å². The SMILES string of the molecule is CCc1ccccc1N(CC(=O)N(Cc1cccc(Cl)c1)C(C)C(=O)NC1CCCCC1)S(=O)(=O)c1ccccc1. The number of para-hydroxylation sites is 1. The quantitative estimate of drug-likeness (QED) is 0.296. The number of amides is 2. The van der Waals surface area contributed by atoms with Gasteiger partial charge in [0.1, 0.15) is 12.6 Å². The molecular formula is C32H38ClN3O4S. The minimum atomic E-state index is -4.10. The molecule has 7 nitrogen and oxygen atoms in total. The molecule has 0 aromatic heterocycles. The first kappa shape index (κ1) is 30.6. The van der Waals surface area contributed by atoms with Crippen molar-refractivity contribution in [2.75, 3.05) is 10.8 Å². The molecule has 218 valence electrons. The van der Waals surface area contributed by atoms with Gasteiger partial charge >= 0.3 is 0 Å². The maximum atomic E-state index is 14.1. The van der Waals surface area contributed by atoms with Crippen molar-refractivity contribution in [1.29, 1.82) is 0 Å². The average Bonchev–Trinajstić information content (AvgIpc) is 2.99. The van der Waals surface area contributed by atoms with Crippen LogP contribution in [0.25, 0.3) is 0 Å². The molecule has 0 saturated heterocycles. The number of nitrogens with zero attached hydrogens (tertiary/aromatic N) is 2. The number of carbonyl (C=O) groups is 2. The maximum absolute atomic E-state index is 14.1. The summed E-state index contributed by atoms with van der Waals surface area (Å²) in [5, 5.41) is 3.63. The lowest BCUT2D eigenvalue weighted by Gasteiger charge is -2.33. The number of aryl methyl sites for hydroxylation is 1. The minimum Gasteiger partial charge on any atom is -0.352 e. The Kier molecular flexibility index (Phi) is 10.5. The normalized spacial score (nSPS) is 14.7. The highest BCUT2D eigenvalue weighted by molar-refractivity contribution is 7.92. The number of rotatable bonds is 11. The summed E-state index contributed by atoms with van der Waals surface area (Å²) >= 11 is 6.23. The van der Waals surface area contributed by atoms with Crippen LogP contribution in [0.5, 0.6) is 0 Å². The lowest BCUT2D eigenvalue weighted by molar-refractivity contribution is -0.139. The van der Waals surface area contributed by atoms with Crippen LogP contribution in [0.4, 0.5) is 5.69 Å². The molecule has 0 heterocycles. The van der Waals surface area contributed by atoms with Gasteiger partial charge in [-0.15, -0.1) is 0 Å². The molecule has 1 fully saturated rings. The van der Waals surface area contributed by atoms with Crippen molar-refractivity contribution in [3.05, 3.63) is 95.0 Å². The zero-order valence-electron chi connectivity index (χ0n) is 23.6. The summed E-state index contributed by atoms with van der Waals surface area (Å²) in [5.41, 5.74) is 1.98. The summed E-state index contributed by atoms with van der Waals surface area (Å²) in [6, 6.07) is 21.6. The number of nitrogens with one attached hydrogen (secondary N) is 1. The van der Waals surface area contributed by atoms with Crippen molar-refractivity contribution >= 4 is 39.1 Å². The molecule has 3 aromatic rings. The molecule has 1 aliphatic carbocycles. The molecule has 41 heavy (non-hydrogen) atoms. The van der Waals surface area contributed by atoms with E-state index in [9.17, 15) is 18.0 Å². The van der Waals surface area contributed by atoms with Gasteiger partial charge in [0.2, 0.25) is 11.8 Å². The van der Waals surface area contributed by atoms with Crippen LogP contribution >= 0.6 is 11.6 Å². The van der Waals surface area contributed by atoms with Crippen LogP contribution < -0.4 is 9.62 Å². The second-order valence-electron chi connectivity index (χ2n) is 10.5. The first-order valence-electron chi connectivity index (χ1n) is 14.2. The minimum absolute atomic E-state index is 0.0770. The van der Waals surface area contributed by atoms with Gasteiger partial charge in [-0.3, -0.25) is 13.9 Å². The Hall–Kier alpha value is -3.36. The number of anilines is 1. The largest absolute Gasteiger partial charge is 0.352 e. The monoisotopic (exact) mass is 595 g/mol. The lowest BCUT2D eigenvalue weighted by atomic mass is 9.95. The molecular weight excluding hydrogens is 558 g/mol. The summed E-state index contributed by atoms with van der Waals surface area (Å²) < 4.78 is 29.1. The van der Waals surface area contributed by atoms with Gasteiger partial charge in [0, 0.05) is 17.6 Å². The van der Waals surface area contributed by atoms with Crippen molar-refractivity contribution < 1.29 is 18.0 Å². The molecule has 0 bridgehead atoms. The van der Waals surface area contributed by atoms with Gasteiger partial charge in [-0.2, -0.15) is 0 Å². The summed E-state index contributed by atoms with van der Waals surface area (Å²) in [6.07, 6.45) is 5.69. The predicted octanol–water partition coefficient (Wildman–Crippen LogP) is 5.96. The number of hydrogen-bond acceptors (Lipinski definition) is 4. The fraction of sp³-hybridized carbons (Fsp3) is 0.375. The maximum Gasteiger partial charge on any atom is 0.264 e. The van der Waals surface area contributed by atoms with Crippen molar-refractivity contribution in [3.8, 4) is 0 Å². The molecule has 1 saturated carbocycles.